The van der Waals surface area contributed by atoms with E-state index < -0.39 is 0 Å². The molecule has 0 aliphatic rings. The summed E-state index contributed by atoms with van der Waals surface area (Å²) in [6.07, 6.45) is 4.67. The fraction of sp³-hybridized carbons (Fsp3) is 0.133. The molecule has 0 saturated carbocycles. The number of nitrogens with zero attached hydrogens (tertiary/aromatic N) is 2. The molecule has 1 amide bonds. The van der Waals surface area contributed by atoms with Gasteiger partial charge < -0.3 is 0 Å². The van der Waals surface area contributed by atoms with Crippen LogP contribution in [0.25, 0.3) is 0 Å². The second-order valence-electron chi connectivity index (χ2n) is 4.29. The SMILES string of the molecule is Cc1ccc(N=CC(=O)NNCc2ccncc2)cc1. The minimum Gasteiger partial charge on any atom is -0.286 e. The lowest BCUT2D eigenvalue weighted by Crippen LogP contribution is -2.37. The van der Waals surface area contributed by atoms with Gasteiger partial charge in [-0.15, -0.1) is 0 Å². The molecule has 2 aromatic rings. The molecule has 1 heterocycles. The Kier molecular flexibility index (Phi) is 4.97. The van der Waals surface area contributed by atoms with E-state index in [0.29, 0.717) is 6.54 Å². The van der Waals surface area contributed by atoms with Gasteiger partial charge in [-0.3, -0.25) is 20.2 Å². The predicted octanol–water partition coefficient (Wildman–Crippen LogP) is 1.91. The summed E-state index contributed by atoms with van der Waals surface area (Å²) in [5, 5.41) is 0. The monoisotopic (exact) mass is 268 g/mol. The minimum atomic E-state index is -0.292. The molecule has 0 aliphatic heterocycles. The summed E-state index contributed by atoms with van der Waals surface area (Å²) in [7, 11) is 0. The van der Waals surface area contributed by atoms with Gasteiger partial charge in [0.1, 0.15) is 0 Å². The Bertz CT molecular complexity index is 579. The normalized spacial score (nSPS) is 10.7. The number of benzene rings is 1. The fourth-order valence-corrected chi connectivity index (χ4v) is 1.53. The number of hydrogen-bond acceptors (Lipinski definition) is 4. The molecule has 0 atom stereocenters. The van der Waals surface area contributed by atoms with Crippen molar-refractivity contribution in [2.24, 2.45) is 4.99 Å². The topological polar surface area (TPSA) is 66.4 Å². The lowest BCUT2D eigenvalue weighted by Gasteiger charge is -2.04. The molecule has 0 aliphatic carbocycles. The minimum absolute atomic E-state index is 0.292. The number of pyridine rings is 1. The first kappa shape index (κ1) is 13.9. The largest absolute Gasteiger partial charge is 0.286 e. The van der Waals surface area contributed by atoms with Gasteiger partial charge in [-0.05, 0) is 36.8 Å². The second kappa shape index (κ2) is 7.16. The van der Waals surface area contributed by atoms with Crippen LogP contribution < -0.4 is 10.9 Å². The van der Waals surface area contributed by atoms with Gasteiger partial charge in [-0.25, -0.2) is 5.43 Å². The number of hydrazine groups is 1. The van der Waals surface area contributed by atoms with Crippen LogP contribution in [-0.2, 0) is 11.3 Å². The van der Waals surface area contributed by atoms with E-state index in [0.717, 1.165) is 16.8 Å². The van der Waals surface area contributed by atoms with Crippen molar-refractivity contribution in [2.45, 2.75) is 13.5 Å². The Morgan fingerprint density at radius 3 is 2.60 bits per heavy atom. The first-order chi connectivity index (χ1) is 9.74. The highest BCUT2D eigenvalue weighted by molar-refractivity contribution is 6.26. The summed E-state index contributed by atoms with van der Waals surface area (Å²) in [6.45, 7) is 2.54. The van der Waals surface area contributed by atoms with E-state index in [9.17, 15) is 4.79 Å². The van der Waals surface area contributed by atoms with E-state index in [4.69, 9.17) is 0 Å². The van der Waals surface area contributed by atoms with Gasteiger partial charge in [-0.1, -0.05) is 17.7 Å². The summed E-state index contributed by atoms with van der Waals surface area (Å²) >= 11 is 0. The quantitative estimate of drug-likeness (QED) is 0.643. The standard InChI is InChI=1S/C15H16N4O/c1-12-2-4-14(5-3-12)17-11-15(20)19-18-10-13-6-8-16-9-7-13/h2-9,11,18H,10H2,1H3,(H,19,20). The van der Waals surface area contributed by atoms with E-state index in [1.54, 1.807) is 12.4 Å². The third kappa shape index (κ3) is 4.62. The molecule has 0 fully saturated rings. The molecule has 0 unspecified atom stereocenters. The lowest BCUT2D eigenvalue weighted by atomic mass is 10.2. The molecule has 20 heavy (non-hydrogen) atoms. The number of aryl methyl sites for hydroxylation is 1. The predicted molar refractivity (Wildman–Crippen MR) is 78.6 cm³/mol. The molecule has 2 N–H and O–H groups in total. The van der Waals surface area contributed by atoms with Crippen LogP contribution in [0.1, 0.15) is 11.1 Å². The number of nitrogens with one attached hydrogen (secondary N) is 2. The Hall–Kier alpha value is -2.53. The van der Waals surface area contributed by atoms with Crippen LogP contribution >= 0.6 is 0 Å². The maximum Gasteiger partial charge on any atom is 0.276 e. The Labute approximate surface area is 117 Å². The van der Waals surface area contributed by atoms with Crippen molar-refractivity contribution >= 4 is 17.8 Å². The average molecular weight is 268 g/mol. The maximum atomic E-state index is 11.5. The Balaban J connectivity index is 1.76. The van der Waals surface area contributed by atoms with Crippen molar-refractivity contribution < 1.29 is 4.79 Å². The van der Waals surface area contributed by atoms with Crippen molar-refractivity contribution in [1.82, 2.24) is 15.8 Å². The number of carbonyl (C=O) groups is 1. The molecule has 2 rings (SSSR count). The zero-order valence-corrected chi connectivity index (χ0v) is 11.2. The van der Waals surface area contributed by atoms with Gasteiger partial charge in [0.25, 0.3) is 5.91 Å². The van der Waals surface area contributed by atoms with Crippen molar-refractivity contribution in [3.8, 4) is 0 Å². The first-order valence-corrected chi connectivity index (χ1v) is 6.26. The van der Waals surface area contributed by atoms with Gasteiger partial charge in [0, 0.05) is 18.9 Å². The van der Waals surface area contributed by atoms with E-state index >= 15 is 0 Å². The molecule has 1 aromatic carbocycles. The van der Waals surface area contributed by atoms with Crippen LogP contribution in [-0.4, -0.2) is 17.1 Å². The third-order valence-electron chi connectivity index (χ3n) is 2.62. The maximum absolute atomic E-state index is 11.5. The van der Waals surface area contributed by atoms with Gasteiger partial charge >= 0.3 is 0 Å². The molecule has 0 spiro atoms. The number of amides is 1. The van der Waals surface area contributed by atoms with E-state index in [-0.39, 0.29) is 5.91 Å². The summed E-state index contributed by atoms with van der Waals surface area (Å²) in [6, 6.07) is 11.4. The third-order valence-corrected chi connectivity index (χ3v) is 2.62. The highest BCUT2D eigenvalue weighted by Gasteiger charge is 1.96. The highest BCUT2D eigenvalue weighted by Crippen LogP contribution is 2.11. The summed E-state index contributed by atoms with van der Waals surface area (Å²) in [4.78, 5) is 19.5. The molecule has 5 nitrogen and oxygen atoms in total. The molecular weight excluding hydrogens is 252 g/mol. The van der Waals surface area contributed by atoms with E-state index in [2.05, 4.69) is 20.8 Å². The number of aliphatic imine (C=N–C) groups is 1. The van der Waals surface area contributed by atoms with Crippen LogP contribution in [0.3, 0.4) is 0 Å². The number of hydrogen-bond donors (Lipinski definition) is 2. The van der Waals surface area contributed by atoms with Crippen LogP contribution in [0.15, 0.2) is 53.8 Å². The van der Waals surface area contributed by atoms with Gasteiger partial charge in [0.15, 0.2) is 0 Å². The number of carbonyl (C=O) groups excluding carboxylic acids is 1. The number of rotatable bonds is 5. The molecule has 5 heteroatoms. The van der Waals surface area contributed by atoms with Crippen molar-refractivity contribution in [3.63, 3.8) is 0 Å². The van der Waals surface area contributed by atoms with Crippen molar-refractivity contribution in [2.75, 3.05) is 0 Å². The summed E-state index contributed by atoms with van der Waals surface area (Å²) < 4.78 is 0. The average Bonchev–Trinajstić information content (AvgIpc) is 2.48. The van der Waals surface area contributed by atoms with Crippen molar-refractivity contribution in [3.05, 3.63) is 59.9 Å². The Morgan fingerprint density at radius 1 is 1.20 bits per heavy atom. The highest BCUT2D eigenvalue weighted by atomic mass is 16.2. The Morgan fingerprint density at radius 2 is 1.90 bits per heavy atom. The van der Waals surface area contributed by atoms with Crippen LogP contribution in [0.4, 0.5) is 5.69 Å². The van der Waals surface area contributed by atoms with Gasteiger partial charge in [0.05, 0.1) is 11.9 Å². The lowest BCUT2D eigenvalue weighted by molar-refractivity contribution is -0.115. The van der Waals surface area contributed by atoms with Gasteiger partial charge in [-0.2, -0.15) is 0 Å². The molecule has 0 radical (unpaired) electrons. The van der Waals surface area contributed by atoms with Gasteiger partial charge in [0.2, 0.25) is 0 Å². The molecular formula is C15H16N4O. The van der Waals surface area contributed by atoms with Crippen LogP contribution in [0.5, 0.6) is 0 Å². The smallest absolute Gasteiger partial charge is 0.276 e. The van der Waals surface area contributed by atoms with Crippen LogP contribution in [0, 0.1) is 6.92 Å². The summed E-state index contributed by atoms with van der Waals surface area (Å²) in [5.41, 5.74) is 8.33. The zero-order valence-electron chi connectivity index (χ0n) is 11.2. The molecule has 0 bridgehead atoms. The second-order valence-corrected chi connectivity index (χ2v) is 4.29. The van der Waals surface area contributed by atoms with E-state index in [1.807, 2.05) is 43.3 Å². The molecule has 1 aromatic heterocycles. The first-order valence-electron chi connectivity index (χ1n) is 6.26. The molecule has 102 valence electrons. The van der Waals surface area contributed by atoms with E-state index in [1.165, 1.54) is 6.21 Å². The fourth-order valence-electron chi connectivity index (χ4n) is 1.53. The zero-order chi connectivity index (χ0) is 14.2. The molecule has 0 saturated heterocycles. The summed E-state index contributed by atoms with van der Waals surface area (Å²) in [5.74, 6) is -0.292. The van der Waals surface area contributed by atoms with Crippen molar-refractivity contribution in [1.29, 1.82) is 0 Å². The number of aromatic nitrogens is 1. The van der Waals surface area contributed by atoms with Crippen LogP contribution in [0.2, 0.25) is 0 Å².